The number of hydrogen-bond acceptors (Lipinski definition) is 5. The summed E-state index contributed by atoms with van der Waals surface area (Å²) in [6.45, 7) is 0.715. The van der Waals surface area contributed by atoms with E-state index in [2.05, 4.69) is 0 Å². The summed E-state index contributed by atoms with van der Waals surface area (Å²) in [6, 6.07) is 0. The maximum absolute atomic E-state index is 14.8. The van der Waals surface area contributed by atoms with Gasteiger partial charge in [-0.25, -0.2) is 4.39 Å². The van der Waals surface area contributed by atoms with Gasteiger partial charge in [-0.3, -0.25) is 4.79 Å². The van der Waals surface area contributed by atoms with Crippen molar-refractivity contribution in [2.24, 2.45) is 11.7 Å². The van der Waals surface area contributed by atoms with Crippen LogP contribution in [0.2, 0.25) is 0 Å². The number of nitrogens with zero attached hydrogens (tertiary/aromatic N) is 1. The first kappa shape index (κ1) is 16.4. The molecule has 0 aromatic carbocycles. The van der Waals surface area contributed by atoms with E-state index in [0.29, 0.717) is 12.8 Å². The van der Waals surface area contributed by atoms with Crippen molar-refractivity contribution in [1.29, 1.82) is 0 Å². The molecule has 0 aromatic heterocycles. The van der Waals surface area contributed by atoms with Crippen LogP contribution in [0.4, 0.5) is 4.39 Å². The fraction of sp³-hybridized carbons (Fsp3) is 0.786. The number of ether oxygens (including phenoxy) is 1. The molecule has 7 heteroatoms. The summed E-state index contributed by atoms with van der Waals surface area (Å²) >= 11 is 0. The molecule has 1 fully saturated rings. The average molecular weight is 302 g/mol. The van der Waals surface area contributed by atoms with Crippen molar-refractivity contribution < 1.29 is 24.1 Å². The molecule has 2 aliphatic heterocycles. The normalized spacial score (nSPS) is 44.8. The van der Waals surface area contributed by atoms with Gasteiger partial charge in [0.05, 0.1) is 18.7 Å². The molecule has 6 atom stereocenters. The number of aliphatic hydroxyl groups is 2. The minimum absolute atomic E-state index is 0.313. The van der Waals surface area contributed by atoms with Gasteiger partial charge in [-0.2, -0.15) is 0 Å². The molecule has 21 heavy (non-hydrogen) atoms. The Labute approximate surface area is 123 Å². The van der Waals surface area contributed by atoms with Gasteiger partial charge in [-0.15, -0.1) is 0 Å². The molecular weight excluding hydrogens is 279 g/mol. The number of rotatable bonds is 2. The molecule has 120 valence electrons. The van der Waals surface area contributed by atoms with Crippen LogP contribution in [0.1, 0.15) is 19.8 Å². The van der Waals surface area contributed by atoms with Crippen LogP contribution in [0, 0.1) is 5.92 Å². The molecule has 2 aliphatic rings. The monoisotopic (exact) mass is 302 g/mol. The number of allylic oxidation sites excluding steroid dienone is 1. The van der Waals surface area contributed by atoms with E-state index >= 15 is 0 Å². The van der Waals surface area contributed by atoms with E-state index in [1.54, 1.807) is 13.1 Å². The number of amides is 1. The maximum Gasteiger partial charge on any atom is 0.229 e. The highest BCUT2D eigenvalue weighted by Crippen LogP contribution is 2.40. The summed E-state index contributed by atoms with van der Waals surface area (Å²) in [5.74, 6) is -1.06. The van der Waals surface area contributed by atoms with Gasteiger partial charge in [0.2, 0.25) is 5.91 Å². The third kappa shape index (κ3) is 2.83. The van der Waals surface area contributed by atoms with Crippen LogP contribution in [0.3, 0.4) is 0 Å². The average Bonchev–Trinajstić information content (AvgIpc) is 2.67. The quantitative estimate of drug-likeness (QED) is 0.600. The van der Waals surface area contributed by atoms with Crippen molar-refractivity contribution in [3.8, 4) is 0 Å². The maximum atomic E-state index is 14.8. The number of likely N-dealkylation sites (N-methyl/N-ethyl adjacent to an activating group) is 1. The van der Waals surface area contributed by atoms with Crippen LogP contribution < -0.4 is 5.73 Å². The number of nitrogens with two attached hydrogens (primary N) is 1. The van der Waals surface area contributed by atoms with Crippen molar-refractivity contribution in [3.63, 3.8) is 0 Å². The van der Waals surface area contributed by atoms with Gasteiger partial charge in [-0.1, -0.05) is 12.2 Å². The highest BCUT2D eigenvalue weighted by molar-refractivity contribution is 5.80. The molecule has 1 amide bonds. The van der Waals surface area contributed by atoms with Crippen molar-refractivity contribution in [1.82, 2.24) is 4.90 Å². The van der Waals surface area contributed by atoms with E-state index in [4.69, 9.17) is 15.6 Å². The van der Waals surface area contributed by atoms with Gasteiger partial charge in [0.1, 0.15) is 18.3 Å². The number of carbonyl (C=O) groups excluding carboxylic acids is 1. The lowest BCUT2D eigenvalue weighted by Gasteiger charge is -2.34. The van der Waals surface area contributed by atoms with E-state index in [9.17, 15) is 14.3 Å². The molecule has 0 aliphatic carbocycles. The minimum atomic E-state index is -2.10. The zero-order valence-corrected chi connectivity index (χ0v) is 12.3. The minimum Gasteiger partial charge on any atom is -0.394 e. The van der Waals surface area contributed by atoms with E-state index in [-0.39, 0.29) is 5.91 Å². The van der Waals surface area contributed by atoms with Crippen molar-refractivity contribution in [3.05, 3.63) is 12.2 Å². The van der Waals surface area contributed by atoms with E-state index in [1.807, 2.05) is 6.08 Å². The lowest BCUT2D eigenvalue weighted by Crippen LogP contribution is -2.52. The number of alkyl halides is 1. The van der Waals surface area contributed by atoms with E-state index in [1.165, 1.54) is 11.8 Å². The Kier molecular flexibility index (Phi) is 4.67. The lowest BCUT2D eigenvalue weighted by atomic mass is 9.83. The number of carbonyl (C=O) groups is 1. The zero-order chi connectivity index (χ0) is 15.8. The van der Waals surface area contributed by atoms with Crippen LogP contribution >= 0.6 is 0 Å². The zero-order valence-electron chi connectivity index (χ0n) is 12.3. The molecule has 0 aromatic rings. The Morgan fingerprint density at radius 1 is 1.62 bits per heavy atom. The molecule has 0 spiro atoms. The molecule has 6 unspecified atom stereocenters. The molecule has 0 radical (unpaired) electrons. The van der Waals surface area contributed by atoms with Gasteiger partial charge in [0.15, 0.2) is 5.67 Å². The van der Waals surface area contributed by atoms with Crippen LogP contribution in [-0.2, 0) is 9.53 Å². The van der Waals surface area contributed by atoms with Gasteiger partial charge < -0.3 is 25.6 Å². The first-order valence-electron chi connectivity index (χ1n) is 7.13. The third-order valence-corrected chi connectivity index (χ3v) is 4.44. The fourth-order valence-corrected chi connectivity index (χ4v) is 3.01. The van der Waals surface area contributed by atoms with Gasteiger partial charge in [0.25, 0.3) is 0 Å². The van der Waals surface area contributed by atoms with Gasteiger partial charge >= 0.3 is 0 Å². The van der Waals surface area contributed by atoms with Crippen molar-refractivity contribution >= 4 is 5.91 Å². The number of aliphatic hydroxyl groups excluding tert-OH is 2. The highest BCUT2D eigenvalue weighted by Gasteiger charge is 2.57. The van der Waals surface area contributed by atoms with Gasteiger partial charge in [-0.05, 0) is 19.8 Å². The Morgan fingerprint density at radius 3 is 2.86 bits per heavy atom. The standard InChI is InChI=1S/C14H23FN2O4/c1-14(15)11(19)9(7-18)21-12(14)8-5-3-4-6-10(16)17(2)13(8)20/h4,6,8-12,18-19H,3,5,7,16H2,1-2H3. The Morgan fingerprint density at radius 2 is 2.29 bits per heavy atom. The first-order valence-corrected chi connectivity index (χ1v) is 7.13. The van der Waals surface area contributed by atoms with E-state index < -0.39 is 42.7 Å². The van der Waals surface area contributed by atoms with E-state index in [0.717, 1.165) is 0 Å². The molecule has 4 N–H and O–H groups in total. The largest absolute Gasteiger partial charge is 0.394 e. The first-order chi connectivity index (χ1) is 9.80. The van der Waals surface area contributed by atoms with Crippen LogP contribution in [-0.4, -0.2) is 64.8 Å². The topological polar surface area (TPSA) is 96.0 Å². The Balaban J connectivity index is 2.27. The summed E-state index contributed by atoms with van der Waals surface area (Å²) in [6.07, 6.45) is 0.423. The fourth-order valence-electron chi connectivity index (χ4n) is 3.01. The number of hydrogen-bond donors (Lipinski definition) is 3. The molecule has 1 saturated heterocycles. The molecule has 0 saturated carbocycles. The third-order valence-electron chi connectivity index (χ3n) is 4.44. The SMILES string of the molecule is CN1C(=O)C(C2OC(CO)C(O)C2(C)F)CCC=CC1N. The predicted octanol–water partition coefficient (Wildman–Crippen LogP) is -0.455. The second-order valence-electron chi connectivity index (χ2n) is 5.93. The molecule has 2 heterocycles. The Hall–Kier alpha value is -1.02. The number of halogens is 1. The second kappa shape index (κ2) is 6.00. The van der Waals surface area contributed by atoms with Crippen LogP contribution in [0.5, 0.6) is 0 Å². The Bertz CT molecular complexity index is 429. The summed E-state index contributed by atoms with van der Waals surface area (Å²) in [5.41, 5.74) is 3.75. The summed E-state index contributed by atoms with van der Waals surface area (Å²) in [5, 5.41) is 19.1. The molecular formula is C14H23FN2O4. The summed E-state index contributed by atoms with van der Waals surface area (Å²) < 4.78 is 20.3. The van der Waals surface area contributed by atoms with Gasteiger partial charge in [0, 0.05) is 7.05 Å². The second-order valence-corrected chi connectivity index (χ2v) is 5.93. The molecule has 6 nitrogen and oxygen atoms in total. The van der Waals surface area contributed by atoms with Crippen LogP contribution in [0.25, 0.3) is 0 Å². The van der Waals surface area contributed by atoms with Crippen LogP contribution in [0.15, 0.2) is 12.2 Å². The van der Waals surface area contributed by atoms with Crippen molar-refractivity contribution in [2.45, 2.75) is 49.9 Å². The predicted molar refractivity (Wildman–Crippen MR) is 73.9 cm³/mol. The lowest BCUT2D eigenvalue weighted by molar-refractivity contribution is -0.145. The smallest absolute Gasteiger partial charge is 0.229 e. The summed E-state index contributed by atoms with van der Waals surface area (Å²) in [7, 11) is 1.56. The summed E-state index contributed by atoms with van der Waals surface area (Å²) in [4.78, 5) is 13.9. The molecule has 0 bridgehead atoms. The van der Waals surface area contributed by atoms with Crippen molar-refractivity contribution in [2.75, 3.05) is 13.7 Å². The highest BCUT2D eigenvalue weighted by atomic mass is 19.1. The molecule has 2 rings (SSSR count).